The second-order valence-corrected chi connectivity index (χ2v) is 8.45. The molecule has 0 unspecified atom stereocenters. The van der Waals surface area contributed by atoms with E-state index < -0.39 is 10.0 Å². The zero-order valence-corrected chi connectivity index (χ0v) is 14.6. The fraction of sp³-hybridized carbons (Fsp3) is 0.625. The van der Waals surface area contributed by atoms with Crippen molar-refractivity contribution in [2.75, 3.05) is 27.2 Å². The maximum Gasteiger partial charge on any atom is 0.240 e. The lowest BCUT2D eigenvalue weighted by atomic mass is 9.87. The third-order valence-corrected chi connectivity index (χ3v) is 4.83. The Balaban J connectivity index is 2.58. The Labute approximate surface area is 129 Å². The summed E-state index contributed by atoms with van der Waals surface area (Å²) in [6.07, 6.45) is 1.83. The van der Waals surface area contributed by atoms with E-state index in [0.717, 1.165) is 24.9 Å². The first-order chi connectivity index (χ1) is 9.63. The van der Waals surface area contributed by atoms with E-state index in [1.165, 1.54) is 0 Å². The summed E-state index contributed by atoms with van der Waals surface area (Å²) in [6, 6.07) is 7.15. The van der Waals surface area contributed by atoms with Gasteiger partial charge in [-0.25, -0.2) is 13.1 Å². The zero-order chi connectivity index (χ0) is 16.1. The fourth-order valence-electron chi connectivity index (χ4n) is 1.98. The van der Waals surface area contributed by atoms with E-state index in [1.54, 1.807) is 12.1 Å². The number of sulfonamides is 1. The predicted molar refractivity (Wildman–Crippen MR) is 88.1 cm³/mol. The van der Waals surface area contributed by atoms with Gasteiger partial charge in [0.25, 0.3) is 0 Å². The van der Waals surface area contributed by atoms with Crippen molar-refractivity contribution in [2.24, 2.45) is 0 Å². The lowest BCUT2D eigenvalue weighted by Crippen LogP contribution is -2.25. The molecule has 4 nitrogen and oxygen atoms in total. The van der Waals surface area contributed by atoms with Crippen molar-refractivity contribution in [3.63, 3.8) is 0 Å². The van der Waals surface area contributed by atoms with Gasteiger partial charge in [0.2, 0.25) is 10.0 Å². The minimum absolute atomic E-state index is 0.0297. The monoisotopic (exact) mass is 312 g/mol. The molecule has 120 valence electrons. The molecule has 0 aliphatic rings. The highest BCUT2D eigenvalue weighted by molar-refractivity contribution is 7.89. The van der Waals surface area contributed by atoms with Gasteiger partial charge < -0.3 is 4.90 Å². The molecule has 0 aliphatic heterocycles. The summed E-state index contributed by atoms with van der Waals surface area (Å²) in [6.45, 7) is 7.79. The molecule has 0 fully saturated rings. The Bertz CT molecular complexity index is 528. The number of hydrogen-bond acceptors (Lipinski definition) is 3. The lowest BCUT2D eigenvalue weighted by molar-refractivity contribution is 0.394. The SMILES string of the molecule is CN(C)CCCCNS(=O)(=O)c1ccc(C(C)(C)C)cc1. The lowest BCUT2D eigenvalue weighted by Gasteiger charge is -2.19. The van der Waals surface area contributed by atoms with Gasteiger partial charge in [0, 0.05) is 6.54 Å². The van der Waals surface area contributed by atoms with E-state index in [4.69, 9.17) is 0 Å². The Morgan fingerprint density at radius 2 is 1.62 bits per heavy atom. The van der Waals surface area contributed by atoms with E-state index in [2.05, 4.69) is 30.4 Å². The van der Waals surface area contributed by atoms with Gasteiger partial charge in [-0.05, 0) is 56.6 Å². The molecule has 0 atom stereocenters. The second kappa shape index (κ2) is 7.38. The molecule has 0 saturated carbocycles. The molecule has 0 spiro atoms. The maximum atomic E-state index is 12.2. The standard InChI is InChI=1S/C16H28N2O2S/c1-16(2,3)14-8-10-15(11-9-14)21(19,20)17-12-6-7-13-18(4)5/h8-11,17H,6-7,12-13H2,1-5H3. The fourth-order valence-corrected chi connectivity index (χ4v) is 3.05. The number of nitrogens with zero attached hydrogens (tertiary/aromatic N) is 1. The first-order valence-corrected chi connectivity index (χ1v) is 8.86. The van der Waals surface area contributed by atoms with Crippen LogP contribution in [-0.4, -0.2) is 40.5 Å². The Morgan fingerprint density at radius 3 is 2.10 bits per heavy atom. The Morgan fingerprint density at radius 1 is 1.05 bits per heavy atom. The van der Waals surface area contributed by atoms with Crippen molar-refractivity contribution in [3.8, 4) is 0 Å². The summed E-state index contributed by atoms with van der Waals surface area (Å²) in [5, 5.41) is 0. The minimum Gasteiger partial charge on any atom is -0.309 e. The molecule has 0 aromatic heterocycles. The Hall–Kier alpha value is -0.910. The molecule has 1 aromatic carbocycles. The number of unbranched alkanes of at least 4 members (excludes halogenated alkanes) is 1. The van der Waals surface area contributed by atoms with Crippen LogP contribution in [0.2, 0.25) is 0 Å². The van der Waals surface area contributed by atoms with Crippen molar-refractivity contribution < 1.29 is 8.42 Å². The molecular weight excluding hydrogens is 284 g/mol. The van der Waals surface area contributed by atoms with E-state index in [0.29, 0.717) is 11.4 Å². The molecule has 0 bridgehead atoms. The molecule has 1 N–H and O–H groups in total. The predicted octanol–water partition coefficient (Wildman–Crippen LogP) is 2.60. The van der Waals surface area contributed by atoms with Gasteiger partial charge in [-0.3, -0.25) is 0 Å². The molecule has 0 radical (unpaired) electrons. The van der Waals surface area contributed by atoms with Crippen molar-refractivity contribution in [3.05, 3.63) is 29.8 Å². The van der Waals surface area contributed by atoms with Gasteiger partial charge in [-0.1, -0.05) is 32.9 Å². The third kappa shape index (κ3) is 6.16. The molecule has 21 heavy (non-hydrogen) atoms. The van der Waals surface area contributed by atoms with Crippen LogP contribution in [0.1, 0.15) is 39.2 Å². The van der Waals surface area contributed by atoms with Gasteiger partial charge in [0.05, 0.1) is 4.90 Å². The third-order valence-electron chi connectivity index (χ3n) is 3.35. The van der Waals surface area contributed by atoms with Crippen LogP contribution in [0, 0.1) is 0 Å². The molecule has 5 heteroatoms. The van der Waals surface area contributed by atoms with Crippen molar-refractivity contribution in [1.29, 1.82) is 0 Å². The van der Waals surface area contributed by atoms with Crippen LogP contribution in [0.4, 0.5) is 0 Å². The van der Waals surface area contributed by atoms with Crippen molar-refractivity contribution in [1.82, 2.24) is 9.62 Å². The quantitative estimate of drug-likeness (QED) is 0.787. The van der Waals surface area contributed by atoms with E-state index >= 15 is 0 Å². The molecule has 1 aromatic rings. The van der Waals surface area contributed by atoms with Crippen LogP contribution in [0.3, 0.4) is 0 Å². The molecule has 0 amide bonds. The molecule has 0 saturated heterocycles. The van der Waals surface area contributed by atoms with Crippen molar-refractivity contribution >= 4 is 10.0 Å². The summed E-state index contributed by atoms with van der Waals surface area (Å²) in [7, 11) is 0.643. The molecule has 1 rings (SSSR count). The maximum absolute atomic E-state index is 12.2. The zero-order valence-electron chi connectivity index (χ0n) is 13.8. The average Bonchev–Trinajstić information content (AvgIpc) is 2.37. The van der Waals surface area contributed by atoms with Crippen LogP contribution in [0.25, 0.3) is 0 Å². The molecule has 0 heterocycles. The highest BCUT2D eigenvalue weighted by Gasteiger charge is 2.17. The molecule has 0 aliphatic carbocycles. The number of hydrogen-bond donors (Lipinski definition) is 1. The summed E-state index contributed by atoms with van der Waals surface area (Å²) in [5.74, 6) is 0. The smallest absolute Gasteiger partial charge is 0.240 e. The Kier molecular flexibility index (Phi) is 6.38. The number of rotatable bonds is 7. The topological polar surface area (TPSA) is 49.4 Å². The van der Waals surface area contributed by atoms with Crippen LogP contribution in [0.15, 0.2) is 29.2 Å². The van der Waals surface area contributed by atoms with Crippen LogP contribution in [-0.2, 0) is 15.4 Å². The minimum atomic E-state index is -3.39. The van der Waals surface area contributed by atoms with Crippen LogP contribution in [0.5, 0.6) is 0 Å². The number of nitrogens with one attached hydrogen (secondary N) is 1. The van der Waals surface area contributed by atoms with Crippen LogP contribution < -0.4 is 4.72 Å². The summed E-state index contributed by atoms with van der Waals surface area (Å²) >= 11 is 0. The normalized spacial score (nSPS) is 12.9. The van der Waals surface area contributed by atoms with Crippen molar-refractivity contribution in [2.45, 2.75) is 43.9 Å². The summed E-state index contributed by atoms with van der Waals surface area (Å²) < 4.78 is 27.0. The van der Waals surface area contributed by atoms with Gasteiger partial charge in [0.15, 0.2) is 0 Å². The molecular formula is C16H28N2O2S. The highest BCUT2D eigenvalue weighted by Crippen LogP contribution is 2.23. The number of benzene rings is 1. The highest BCUT2D eigenvalue weighted by atomic mass is 32.2. The van der Waals surface area contributed by atoms with E-state index in [9.17, 15) is 8.42 Å². The van der Waals surface area contributed by atoms with Gasteiger partial charge in [-0.2, -0.15) is 0 Å². The summed E-state index contributed by atoms with van der Waals surface area (Å²) in [4.78, 5) is 2.43. The average molecular weight is 312 g/mol. The van der Waals surface area contributed by atoms with Gasteiger partial charge >= 0.3 is 0 Å². The van der Waals surface area contributed by atoms with Gasteiger partial charge in [-0.15, -0.1) is 0 Å². The van der Waals surface area contributed by atoms with Crippen LogP contribution >= 0.6 is 0 Å². The summed E-state index contributed by atoms with van der Waals surface area (Å²) in [5.41, 5.74) is 1.16. The van der Waals surface area contributed by atoms with E-state index in [-0.39, 0.29) is 5.41 Å². The second-order valence-electron chi connectivity index (χ2n) is 6.68. The van der Waals surface area contributed by atoms with Gasteiger partial charge in [0.1, 0.15) is 0 Å². The first kappa shape index (κ1) is 18.1. The first-order valence-electron chi connectivity index (χ1n) is 7.38. The largest absolute Gasteiger partial charge is 0.309 e. The van der Waals surface area contributed by atoms with E-state index in [1.807, 2.05) is 26.2 Å².